The monoisotopic (exact) mass is 1800 g/mol. The first kappa shape index (κ1) is 79.0. The zero-order valence-corrected chi connectivity index (χ0v) is 58.6. The van der Waals surface area contributed by atoms with Crippen LogP contribution in [-0.4, -0.2) is 87.8 Å². The molecule has 80 heavy (non-hydrogen) atoms. The number of hydrogen-bond acceptors (Lipinski definition) is 14. The first-order chi connectivity index (χ1) is 37.4. The molecule has 0 aliphatic rings. The quantitative estimate of drug-likeness (QED) is 0.0274. The van der Waals surface area contributed by atoms with Gasteiger partial charge in [0.25, 0.3) is 0 Å². The molecular formula is C52H61BrClF4I5N6O10V. The van der Waals surface area contributed by atoms with Gasteiger partial charge in [0.1, 0.15) is 29.9 Å². The number of anilines is 1. The Morgan fingerprint density at radius 3 is 1.50 bits per heavy atom. The van der Waals surface area contributed by atoms with Gasteiger partial charge in [-0.25, -0.2) is 46.9 Å². The summed E-state index contributed by atoms with van der Waals surface area (Å²) in [4.78, 5) is 59.3. The van der Waals surface area contributed by atoms with Crippen molar-refractivity contribution in [2.45, 2.75) is 87.1 Å². The van der Waals surface area contributed by atoms with E-state index >= 15 is 0 Å². The Labute approximate surface area is 542 Å². The van der Waals surface area contributed by atoms with E-state index in [0.29, 0.717) is 55.9 Å². The molecule has 0 spiro atoms. The minimum absolute atomic E-state index is 0. The van der Waals surface area contributed by atoms with Crippen LogP contribution in [0.1, 0.15) is 95.3 Å². The van der Waals surface area contributed by atoms with Gasteiger partial charge in [-0.05, 0) is 126 Å². The van der Waals surface area contributed by atoms with E-state index in [1.54, 1.807) is 80.2 Å². The molecule has 0 aliphatic heterocycles. The number of esters is 3. The van der Waals surface area contributed by atoms with E-state index in [2.05, 4.69) is 135 Å². The van der Waals surface area contributed by atoms with Crippen molar-refractivity contribution >= 4 is 168 Å². The van der Waals surface area contributed by atoms with Gasteiger partial charge in [0.15, 0.2) is 56.9 Å². The van der Waals surface area contributed by atoms with Crippen LogP contribution in [0, 0.1) is 57.9 Å². The molecule has 0 saturated carbocycles. The summed E-state index contributed by atoms with van der Waals surface area (Å²) in [7, 11) is 0.628. The predicted octanol–water partition coefficient (Wildman–Crippen LogP) is 15.3. The predicted molar refractivity (Wildman–Crippen MR) is 347 cm³/mol. The van der Waals surface area contributed by atoms with Gasteiger partial charge in [-0.1, -0.05) is 58.1 Å². The number of nitrogen functional groups attached to an aromatic ring is 1. The fourth-order valence-electron chi connectivity index (χ4n) is 6.15. The number of carbonyl (C=O) groups excluding carboxylic acids is 4. The number of benzene rings is 2. The Balaban J connectivity index is 0. The van der Waals surface area contributed by atoms with Gasteiger partial charge in [-0.2, -0.15) is 0 Å². The van der Waals surface area contributed by atoms with E-state index < -0.39 is 46.6 Å². The van der Waals surface area contributed by atoms with Crippen LogP contribution >= 0.6 is 127 Å². The summed E-state index contributed by atoms with van der Waals surface area (Å²) in [6, 6.07) is 12.3. The van der Waals surface area contributed by atoms with Crippen LogP contribution in [-0.2, 0) is 45.2 Å². The number of ether oxygens (including phenoxy) is 4. The Morgan fingerprint density at radius 1 is 0.713 bits per heavy atom. The van der Waals surface area contributed by atoms with Crippen molar-refractivity contribution in [1.29, 1.82) is 0 Å². The summed E-state index contributed by atoms with van der Waals surface area (Å²) in [5.41, 5.74) is 10.1. The first-order valence-electron chi connectivity index (χ1n) is 22.7. The number of fused-ring (bicyclic) bond motifs is 2. The fraction of sp³-hybridized carbons (Fsp3) is 0.327. The van der Waals surface area contributed by atoms with E-state index in [1.807, 2.05) is 25.7 Å². The summed E-state index contributed by atoms with van der Waals surface area (Å²) in [6.07, 6.45) is 5.09. The average molecular weight is 1810 g/mol. The van der Waals surface area contributed by atoms with Gasteiger partial charge in [0, 0.05) is 66.7 Å². The van der Waals surface area contributed by atoms with E-state index in [9.17, 15) is 41.8 Å². The molecule has 0 radical (unpaired) electrons. The molecule has 7 rings (SSSR count). The molecule has 0 bridgehead atoms. The zero-order chi connectivity index (χ0) is 60.7. The Morgan fingerprint density at radius 2 is 1.11 bits per heavy atom. The molecule has 1 atom stereocenters. The van der Waals surface area contributed by atoms with E-state index in [1.165, 1.54) is 43.3 Å². The molecule has 16 nitrogen and oxygen atoms in total. The van der Waals surface area contributed by atoms with Gasteiger partial charge in [0.05, 0.1) is 36.8 Å². The molecule has 28 heteroatoms. The number of carbonyl (C=O) groups is 4. The summed E-state index contributed by atoms with van der Waals surface area (Å²) in [6.45, 7) is 15.8. The molecule has 0 saturated heterocycles. The number of imidazole rings is 2. The van der Waals surface area contributed by atoms with Crippen molar-refractivity contribution in [2.75, 3.05) is 30.5 Å². The number of aromatic nitrogens is 5. The normalized spacial score (nSPS) is 10.0. The third-order valence-electron chi connectivity index (χ3n) is 9.46. The molecule has 2 aromatic carbocycles. The van der Waals surface area contributed by atoms with Crippen LogP contribution in [0.2, 0.25) is 0 Å². The summed E-state index contributed by atoms with van der Waals surface area (Å²) in [5.74, 6) is -3.73. The number of aromatic hydroxyl groups is 2. The van der Waals surface area contributed by atoms with Crippen molar-refractivity contribution in [1.82, 2.24) is 23.8 Å². The number of halogens is 11. The molecular weight excluding hydrogens is 1750 g/mol. The Bertz CT molecular complexity index is 3040. The van der Waals surface area contributed by atoms with E-state index in [0.717, 1.165) is 16.7 Å². The van der Waals surface area contributed by atoms with Gasteiger partial charge in [0.2, 0.25) is 0 Å². The van der Waals surface area contributed by atoms with Crippen molar-refractivity contribution in [3.63, 3.8) is 0 Å². The number of alkyl halides is 3. The summed E-state index contributed by atoms with van der Waals surface area (Å²) >= 11 is 19.4. The molecule has 5 heterocycles. The third-order valence-corrected chi connectivity index (χ3v) is 10.5. The first-order valence-corrected chi connectivity index (χ1v) is 41.7. The molecule has 4 N–H and O–H groups in total. The molecule has 1 unspecified atom stereocenters. The third kappa shape index (κ3) is 25.9. The number of Topliss-reactive ketones (excluding diaryl/α,β-unsaturated/α-hetero) is 1. The van der Waals surface area contributed by atoms with Crippen LogP contribution in [0.3, 0.4) is 0 Å². The van der Waals surface area contributed by atoms with Gasteiger partial charge >= 0.3 is 67.3 Å². The van der Waals surface area contributed by atoms with Crippen molar-refractivity contribution in [3.8, 4) is 17.2 Å². The van der Waals surface area contributed by atoms with Crippen LogP contribution < -0.4 is 10.5 Å². The molecule has 7 aromatic rings. The van der Waals surface area contributed by atoms with E-state index in [4.69, 9.17) is 36.7 Å². The second-order valence-corrected chi connectivity index (χ2v) is 28.0. The second kappa shape index (κ2) is 42.7. The summed E-state index contributed by atoms with van der Waals surface area (Å²) in [5, 5.41) is 17.8. The number of nitrogens with zero attached hydrogens (tertiary/aromatic N) is 5. The van der Waals surface area contributed by atoms with Crippen LogP contribution in [0.25, 0.3) is 11.3 Å². The molecule has 0 fully saturated rings. The summed E-state index contributed by atoms with van der Waals surface area (Å²) < 4.78 is 76.1. The average Bonchev–Trinajstić information content (AvgIpc) is 3.92. The van der Waals surface area contributed by atoms with Crippen molar-refractivity contribution in [3.05, 3.63) is 147 Å². The fourth-order valence-corrected chi connectivity index (χ4v) is 6.75. The number of hydrogen-bond donors (Lipinski definition) is 3. The standard InChI is InChI=1S/C19H18F2N2O3.C12H14N2O3.C7H5BrF2.C6H9ClO3.C6H8N2O.CH3I.CH4.I2.2HI.V/c1-4-25-19(24)17-12(3)22-18-16(8-11(2)9-23(17)18)26-10-13-14(20)6-5-7-15(13)21;1-4-17-12(16)10-8(3)13-11-9(15)5-7(2)6-14(10)11;8-4-5-6(9)2-1-3-7(5)10;1-3-10-6(9)5(7)4(2)8;1-4-2-5(9)6(7)8-3-4;1-2;;1-2;;;/h5-9H,4,10H2,1-3H3;5-6,15H,4H2,1-3H3;1-3H,4H2;5H,3H2,1-2H3;2-3,9H,1H3,(H2,7,8);1H3;1H4;;2*1H;/q;;;;;;;;;;+2/p-2. The molecule has 0 amide bonds. The number of pyridine rings is 3. The number of rotatable bonds is 11. The van der Waals surface area contributed by atoms with Crippen LogP contribution in [0.15, 0.2) is 73.2 Å². The maximum atomic E-state index is 13.8. The van der Waals surface area contributed by atoms with Crippen molar-refractivity contribution in [2.24, 2.45) is 0 Å². The van der Waals surface area contributed by atoms with E-state index in [-0.39, 0.29) is 66.8 Å². The number of ketones is 1. The molecule has 0 aliphatic carbocycles. The van der Waals surface area contributed by atoms with Crippen molar-refractivity contribution < 1.29 is 75.4 Å². The van der Waals surface area contributed by atoms with Gasteiger partial charge in [-0.15, -0.1) is 11.6 Å². The Hall–Kier alpha value is -3.03. The van der Waals surface area contributed by atoms with Gasteiger partial charge in [-0.3, -0.25) is 13.6 Å². The topological polar surface area (TPSA) is 219 Å². The molecule has 5 aromatic heterocycles. The Kier molecular flexibility index (Phi) is 42.2. The number of aryl methyl sites for hydroxylation is 5. The minimum atomic E-state index is -1.14. The zero-order valence-electron chi connectivity index (χ0n) is 44.1. The van der Waals surface area contributed by atoms with Gasteiger partial charge < -0.3 is 34.9 Å². The maximum absolute atomic E-state index is 13.8. The second-order valence-electron chi connectivity index (χ2n) is 15.2. The molecule has 441 valence electrons. The van der Waals surface area contributed by atoms with Crippen LogP contribution in [0.5, 0.6) is 17.2 Å². The SMILES string of the molecule is C.CCOC(=O)C(Cl)C(C)=O.CCOC(=O)c1c(C)nc2c(O)cc(C)cn12.CCOC(=O)c1c(C)nc2c(OCc3c(F)cccc3F)cc(C)cn12.CI.Cc1cnc(N)c(O)c1.Fc1cccc(F)c1CBr.II.[I][V][I]. The van der Waals surface area contributed by atoms with Crippen LogP contribution in [0.4, 0.5) is 23.4 Å². The number of nitrogens with two attached hydrogens (primary N) is 1.